The first-order chi connectivity index (χ1) is 17.1. The maximum atomic E-state index is 13.5. The van der Waals surface area contributed by atoms with Crippen LogP contribution in [0, 0.1) is 6.92 Å². The SMILES string of the molecule is CCc1ccc(/C=C2\CCCCc3c(C(=O)NN4CCOCC4)nn(-c4ccccc4C)c32)cc1. The summed E-state index contributed by atoms with van der Waals surface area (Å²) in [5, 5.41) is 6.89. The van der Waals surface area contributed by atoms with Crippen molar-refractivity contribution in [1.82, 2.24) is 20.2 Å². The molecule has 1 aromatic heterocycles. The zero-order valence-corrected chi connectivity index (χ0v) is 20.7. The number of nitrogens with one attached hydrogen (secondary N) is 1. The number of carbonyl (C=O) groups is 1. The molecule has 1 N–H and O–H groups in total. The molecule has 3 aromatic rings. The number of aryl methyl sites for hydroxylation is 2. The molecule has 5 rings (SSSR count). The van der Waals surface area contributed by atoms with Crippen LogP contribution >= 0.6 is 0 Å². The number of benzene rings is 2. The third-order valence-electron chi connectivity index (χ3n) is 6.97. The highest BCUT2D eigenvalue weighted by molar-refractivity contribution is 5.96. The van der Waals surface area contributed by atoms with E-state index in [1.807, 2.05) is 21.8 Å². The Balaban J connectivity index is 1.61. The average Bonchev–Trinajstić information content (AvgIpc) is 3.14. The van der Waals surface area contributed by atoms with Gasteiger partial charge in [-0.3, -0.25) is 10.2 Å². The van der Waals surface area contributed by atoms with Crippen LogP contribution in [0.3, 0.4) is 0 Å². The zero-order valence-electron chi connectivity index (χ0n) is 20.7. The van der Waals surface area contributed by atoms with Gasteiger partial charge in [-0.05, 0) is 73.4 Å². The van der Waals surface area contributed by atoms with Crippen molar-refractivity contribution >= 4 is 17.6 Å². The number of hydrazine groups is 1. The number of morpholine rings is 1. The molecule has 182 valence electrons. The zero-order chi connectivity index (χ0) is 24.2. The average molecular weight is 471 g/mol. The summed E-state index contributed by atoms with van der Waals surface area (Å²) >= 11 is 0. The highest BCUT2D eigenvalue weighted by Crippen LogP contribution is 2.35. The third-order valence-corrected chi connectivity index (χ3v) is 6.97. The normalized spacial score (nSPS) is 17.7. The third kappa shape index (κ3) is 5.09. The van der Waals surface area contributed by atoms with Gasteiger partial charge in [0.1, 0.15) is 0 Å². The molecule has 2 aliphatic rings. The van der Waals surface area contributed by atoms with Gasteiger partial charge in [0.05, 0.1) is 24.6 Å². The summed E-state index contributed by atoms with van der Waals surface area (Å²) in [4.78, 5) is 13.5. The Hall–Kier alpha value is -3.22. The second-order valence-electron chi connectivity index (χ2n) is 9.39. The fourth-order valence-electron chi connectivity index (χ4n) is 4.97. The van der Waals surface area contributed by atoms with Gasteiger partial charge in [-0.1, -0.05) is 49.4 Å². The molecule has 6 nitrogen and oxygen atoms in total. The molecule has 0 radical (unpaired) electrons. The van der Waals surface area contributed by atoms with Crippen LogP contribution in [0.4, 0.5) is 0 Å². The van der Waals surface area contributed by atoms with Gasteiger partial charge in [-0.15, -0.1) is 0 Å². The van der Waals surface area contributed by atoms with Crippen molar-refractivity contribution in [2.75, 3.05) is 26.3 Å². The topological polar surface area (TPSA) is 59.4 Å². The van der Waals surface area contributed by atoms with Crippen molar-refractivity contribution in [2.45, 2.75) is 46.0 Å². The summed E-state index contributed by atoms with van der Waals surface area (Å²) < 4.78 is 7.44. The van der Waals surface area contributed by atoms with Crippen LogP contribution in [0.5, 0.6) is 0 Å². The van der Waals surface area contributed by atoms with Crippen LogP contribution < -0.4 is 5.43 Å². The fourth-order valence-corrected chi connectivity index (χ4v) is 4.97. The van der Waals surface area contributed by atoms with Gasteiger partial charge in [0.15, 0.2) is 5.69 Å². The van der Waals surface area contributed by atoms with Crippen LogP contribution in [0.25, 0.3) is 17.3 Å². The maximum Gasteiger partial charge on any atom is 0.286 e. The lowest BCUT2D eigenvalue weighted by Gasteiger charge is -2.26. The molecule has 35 heavy (non-hydrogen) atoms. The Kier molecular flexibility index (Phi) is 7.11. The number of nitrogens with zero attached hydrogens (tertiary/aromatic N) is 3. The molecule has 2 aromatic carbocycles. The van der Waals surface area contributed by atoms with E-state index < -0.39 is 0 Å². The summed E-state index contributed by atoms with van der Waals surface area (Å²) in [6.07, 6.45) is 7.25. The van der Waals surface area contributed by atoms with E-state index in [0.717, 1.165) is 54.6 Å². The fraction of sp³-hybridized carbons (Fsp3) is 0.379. The quantitative estimate of drug-likeness (QED) is 0.534. The molecule has 0 spiro atoms. The van der Waals surface area contributed by atoms with Crippen molar-refractivity contribution < 1.29 is 9.53 Å². The first kappa shape index (κ1) is 23.5. The van der Waals surface area contributed by atoms with Crippen molar-refractivity contribution in [3.8, 4) is 5.69 Å². The van der Waals surface area contributed by atoms with Crippen LogP contribution in [0.1, 0.15) is 64.6 Å². The van der Waals surface area contributed by atoms with Crippen LogP contribution in [0.15, 0.2) is 48.5 Å². The molecule has 0 saturated carbocycles. The maximum absolute atomic E-state index is 13.5. The number of para-hydroxylation sites is 1. The van der Waals surface area contributed by atoms with E-state index in [1.54, 1.807) is 0 Å². The van der Waals surface area contributed by atoms with E-state index in [1.165, 1.54) is 16.7 Å². The minimum atomic E-state index is -0.135. The molecule has 0 atom stereocenters. The van der Waals surface area contributed by atoms with E-state index in [0.29, 0.717) is 32.0 Å². The minimum absolute atomic E-state index is 0.135. The summed E-state index contributed by atoms with van der Waals surface area (Å²) in [5.74, 6) is -0.135. The van der Waals surface area contributed by atoms with Gasteiger partial charge >= 0.3 is 0 Å². The van der Waals surface area contributed by atoms with E-state index in [4.69, 9.17) is 9.84 Å². The van der Waals surface area contributed by atoms with E-state index in [9.17, 15) is 4.79 Å². The monoisotopic (exact) mass is 470 g/mol. The van der Waals surface area contributed by atoms with Crippen molar-refractivity contribution in [3.05, 3.63) is 82.2 Å². The molecule has 2 heterocycles. The molecular weight excluding hydrogens is 436 g/mol. The Morgan fingerprint density at radius 2 is 1.80 bits per heavy atom. The Bertz CT molecular complexity index is 1220. The van der Waals surface area contributed by atoms with Crippen LogP contribution in [-0.2, 0) is 17.6 Å². The Labute approximate surface area is 207 Å². The van der Waals surface area contributed by atoms with Gasteiger partial charge in [0.2, 0.25) is 0 Å². The van der Waals surface area contributed by atoms with Crippen LogP contribution in [0.2, 0.25) is 0 Å². The van der Waals surface area contributed by atoms with Crippen molar-refractivity contribution in [3.63, 3.8) is 0 Å². The van der Waals surface area contributed by atoms with Gasteiger partial charge in [-0.25, -0.2) is 9.69 Å². The first-order valence-corrected chi connectivity index (χ1v) is 12.8. The number of hydrogen-bond donors (Lipinski definition) is 1. The highest BCUT2D eigenvalue weighted by atomic mass is 16.5. The molecule has 1 aliphatic heterocycles. The van der Waals surface area contributed by atoms with Crippen molar-refractivity contribution in [2.24, 2.45) is 0 Å². The predicted molar refractivity (Wildman–Crippen MR) is 139 cm³/mol. The van der Waals surface area contributed by atoms with Gasteiger partial charge in [-0.2, -0.15) is 5.10 Å². The number of aromatic nitrogens is 2. The molecule has 1 amide bonds. The number of carbonyl (C=O) groups excluding carboxylic acids is 1. The standard InChI is InChI=1S/C29H34N4O2/c1-3-22-12-14-23(15-13-22)20-24-9-5-6-10-25-27(29(34)31-32-16-18-35-19-17-32)30-33(28(24)25)26-11-7-4-8-21(26)2/h4,7-8,11-15,20H,3,5-6,9-10,16-19H2,1-2H3,(H,31,34)/b24-20+. The van der Waals surface area contributed by atoms with E-state index in [-0.39, 0.29) is 5.91 Å². The number of hydrogen-bond acceptors (Lipinski definition) is 4. The number of fused-ring (bicyclic) bond motifs is 1. The van der Waals surface area contributed by atoms with E-state index in [2.05, 4.69) is 61.7 Å². The van der Waals surface area contributed by atoms with Crippen LogP contribution in [-0.4, -0.2) is 47.0 Å². The van der Waals surface area contributed by atoms with E-state index >= 15 is 0 Å². The summed E-state index contributed by atoms with van der Waals surface area (Å²) in [6, 6.07) is 17.0. The molecule has 6 heteroatoms. The smallest absolute Gasteiger partial charge is 0.286 e. The van der Waals surface area contributed by atoms with Gasteiger partial charge < -0.3 is 4.74 Å². The second-order valence-corrected chi connectivity index (χ2v) is 9.39. The van der Waals surface area contributed by atoms with Gasteiger partial charge in [0.25, 0.3) is 5.91 Å². The lowest BCUT2D eigenvalue weighted by atomic mass is 10.00. The number of amides is 1. The molecule has 1 saturated heterocycles. The largest absolute Gasteiger partial charge is 0.379 e. The highest BCUT2D eigenvalue weighted by Gasteiger charge is 2.28. The second kappa shape index (κ2) is 10.6. The lowest BCUT2D eigenvalue weighted by molar-refractivity contribution is 0.0124. The minimum Gasteiger partial charge on any atom is -0.379 e. The molecule has 0 bridgehead atoms. The summed E-state index contributed by atoms with van der Waals surface area (Å²) in [6.45, 7) is 6.89. The molecule has 1 aliphatic carbocycles. The first-order valence-electron chi connectivity index (χ1n) is 12.8. The number of allylic oxidation sites excluding steroid dienone is 1. The van der Waals surface area contributed by atoms with Crippen molar-refractivity contribution in [1.29, 1.82) is 0 Å². The molecular formula is C29H34N4O2. The predicted octanol–water partition coefficient (Wildman–Crippen LogP) is 4.99. The summed E-state index contributed by atoms with van der Waals surface area (Å²) in [7, 11) is 0. The molecule has 0 unspecified atom stereocenters. The lowest BCUT2D eigenvalue weighted by Crippen LogP contribution is -2.48. The Morgan fingerprint density at radius 3 is 2.54 bits per heavy atom. The molecule has 1 fully saturated rings. The summed E-state index contributed by atoms with van der Waals surface area (Å²) in [5.41, 5.74) is 11.6. The Morgan fingerprint density at radius 1 is 1.06 bits per heavy atom. The van der Waals surface area contributed by atoms with Gasteiger partial charge in [0, 0.05) is 18.7 Å². The number of ether oxygens (including phenoxy) is 1. The number of rotatable bonds is 5.